The third kappa shape index (κ3) is 3.28. The minimum Gasteiger partial charge on any atom is -0.352 e. The molecule has 2 aromatic carbocycles. The summed E-state index contributed by atoms with van der Waals surface area (Å²) in [4.78, 5) is 12.0. The number of amides is 1. The molecule has 1 amide bonds. The zero-order valence-electron chi connectivity index (χ0n) is 12.2. The summed E-state index contributed by atoms with van der Waals surface area (Å²) < 4.78 is 27.2. The lowest BCUT2D eigenvalue weighted by molar-refractivity contribution is -0.122. The van der Waals surface area contributed by atoms with Crippen molar-refractivity contribution in [2.45, 2.75) is 36.7 Å². The van der Waals surface area contributed by atoms with Crippen LogP contribution in [0.5, 0.6) is 0 Å². The Bertz CT molecular complexity index is 813. The minimum atomic E-state index is -3.72. The molecule has 0 heterocycles. The van der Waals surface area contributed by atoms with Gasteiger partial charge in [0.25, 0.3) is 0 Å². The molecule has 0 bridgehead atoms. The summed E-state index contributed by atoms with van der Waals surface area (Å²) in [6.45, 7) is 1.55. The maximum absolute atomic E-state index is 12.4. The molecule has 2 aromatic rings. The quantitative estimate of drug-likeness (QED) is 0.882. The molecule has 1 fully saturated rings. The molecule has 6 heteroatoms. The van der Waals surface area contributed by atoms with Crippen molar-refractivity contribution in [1.82, 2.24) is 10.0 Å². The Kier molecular flexibility index (Phi) is 3.88. The Morgan fingerprint density at radius 1 is 1.14 bits per heavy atom. The fourth-order valence-electron chi connectivity index (χ4n) is 2.24. The van der Waals surface area contributed by atoms with Gasteiger partial charge in [0.1, 0.15) is 0 Å². The number of nitrogens with one attached hydrogen (secondary N) is 2. The van der Waals surface area contributed by atoms with E-state index in [4.69, 9.17) is 0 Å². The molecular weight excluding hydrogens is 300 g/mol. The highest BCUT2D eigenvalue weighted by Gasteiger charge is 2.28. The molecule has 1 aliphatic carbocycles. The number of carbonyl (C=O) groups is 1. The van der Waals surface area contributed by atoms with Gasteiger partial charge in [0, 0.05) is 6.04 Å². The topological polar surface area (TPSA) is 75.3 Å². The van der Waals surface area contributed by atoms with Crippen LogP contribution in [0.4, 0.5) is 0 Å². The van der Waals surface area contributed by atoms with E-state index in [1.807, 2.05) is 24.3 Å². The maximum Gasteiger partial charge on any atom is 0.241 e. The van der Waals surface area contributed by atoms with Crippen LogP contribution in [0.3, 0.4) is 0 Å². The van der Waals surface area contributed by atoms with Crippen LogP contribution in [0, 0.1) is 0 Å². The number of carbonyl (C=O) groups excluding carboxylic acids is 1. The molecule has 5 nitrogen and oxygen atoms in total. The Hall–Kier alpha value is -1.92. The van der Waals surface area contributed by atoms with Gasteiger partial charge in [-0.15, -0.1) is 0 Å². The average molecular weight is 318 g/mol. The van der Waals surface area contributed by atoms with E-state index in [2.05, 4.69) is 10.0 Å². The molecule has 0 spiro atoms. The number of sulfonamides is 1. The zero-order valence-corrected chi connectivity index (χ0v) is 13.1. The number of hydrogen-bond donors (Lipinski definition) is 2. The smallest absolute Gasteiger partial charge is 0.241 e. The molecule has 116 valence electrons. The van der Waals surface area contributed by atoms with Crippen LogP contribution < -0.4 is 10.0 Å². The Balaban J connectivity index is 1.79. The van der Waals surface area contributed by atoms with Gasteiger partial charge in [0.15, 0.2) is 0 Å². The van der Waals surface area contributed by atoms with Gasteiger partial charge in [0.05, 0.1) is 10.9 Å². The lowest BCUT2D eigenvalue weighted by Crippen LogP contribution is -2.45. The fourth-order valence-corrected chi connectivity index (χ4v) is 3.48. The van der Waals surface area contributed by atoms with E-state index < -0.39 is 16.1 Å². The number of fused-ring (bicyclic) bond motifs is 1. The molecule has 0 aromatic heterocycles. The Morgan fingerprint density at radius 3 is 2.50 bits per heavy atom. The monoisotopic (exact) mass is 318 g/mol. The minimum absolute atomic E-state index is 0.164. The van der Waals surface area contributed by atoms with E-state index in [1.54, 1.807) is 25.1 Å². The number of hydrogen-bond acceptors (Lipinski definition) is 3. The lowest BCUT2D eigenvalue weighted by Gasteiger charge is -2.14. The summed E-state index contributed by atoms with van der Waals surface area (Å²) in [5.41, 5.74) is 0. The summed E-state index contributed by atoms with van der Waals surface area (Å²) in [5.74, 6) is -0.285. The van der Waals surface area contributed by atoms with Crippen molar-refractivity contribution in [1.29, 1.82) is 0 Å². The predicted molar refractivity (Wildman–Crippen MR) is 84.9 cm³/mol. The molecule has 0 aliphatic heterocycles. The van der Waals surface area contributed by atoms with Crippen LogP contribution in [-0.2, 0) is 14.8 Å². The normalized spacial score (nSPS) is 16.4. The van der Waals surface area contributed by atoms with Crippen molar-refractivity contribution < 1.29 is 13.2 Å². The first-order chi connectivity index (χ1) is 10.5. The molecule has 1 atom stereocenters. The van der Waals surface area contributed by atoms with E-state index in [9.17, 15) is 13.2 Å². The molecule has 0 unspecified atom stereocenters. The van der Waals surface area contributed by atoms with Gasteiger partial charge >= 0.3 is 0 Å². The van der Waals surface area contributed by atoms with E-state index in [1.165, 1.54) is 0 Å². The van der Waals surface area contributed by atoms with Crippen LogP contribution in [0.15, 0.2) is 47.4 Å². The second kappa shape index (κ2) is 5.70. The standard InChI is InChI=1S/C16H18N2O3S/c1-11(16(19)17-14-7-8-14)18-22(20,21)15-9-6-12-4-2-3-5-13(12)10-15/h2-6,9-11,14,18H,7-8H2,1H3,(H,17,19)/t11-/m1/s1. The highest BCUT2D eigenvalue weighted by atomic mass is 32.2. The third-order valence-corrected chi connectivity index (χ3v) is 5.22. The molecule has 1 saturated carbocycles. The van der Waals surface area contributed by atoms with Gasteiger partial charge in [-0.1, -0.05) is 30.3 Å². The summed E-state index contributed by atoms with van der Waals surface area (Å²) >= 11 is 0. The van der Waals surface area contributed by atoms with Crippen molar-refractivity contribution in [3.63, 3.8) is 0 Å². The SMILES string of the molecule is C[C@@H](NS(=O)(=O)c1ccc2ccccc2c1)C(=O)NC1CC1. The van der Waals surface area contributed by atoms with Crippen LogP contribution >= 0.6 is 0 Å². The Labute approximate surface area is 129 Å². The second-order valence-electron chi connectivity index (χ2n) is 5.63. The second-order valence-corrected chi connectivity index (χ2v) is 7.35. The van der Waals surface area contributed by atoms with Crippen LogP contribution in [-0.4, -0.2) is 26.4 Å². The van der Waals surface area contributed by atoms with Crippen LogP contribution in [0.25, 0.3) is 10.8 Å². The van der Waals surface area contributed by atoms with Crippen molar-refractivity contribution in [2.75, 3.05) is 0 Å². The number of benzene rings is 2. The van der Waals surface area contributed by atoms with Gasteiger partial charge in [0.2, 0.25) is 15.9 Å². The van der Waals surface area contributed by atoms with Gasteiger partial charge in [-0.25, -0.2) is 8.42 Å². The van der Waals surface area contributed by atoms with E-state index >= 15 is 0 Å². The molecule has 2 N–H and O–H groups in total. The van der Waals surface area contributed by atoms with Gasteiger partial charge in [-0.05, 0) is 42.7 Å². The van der Waals surface area contributed by atoms with Crippen LogP contribution in [0.1, 0.15) is 19.8 Å². The van der Waals surface area contributed by atoms with Gasteiger partial charge in [-0.2, -0.15) is 4.72 Å². The van der Waals surface area contributed by atoms with Crippen molar-refractivity contribution >= 4 is 26.7 Å². The van der Waals surface area contributed by atoms with Gasteiger partial charge < -0.3 is 5.32 Å². The molecule has 0 saturated heterocycles. The average Bonchev–Trinajstić information content (AvgIpc) is 3.30. The van der Waals surface area contributed by atoms with Crippen molar-refractivity contribution in [3.05, 3.63) is 42.5 Å². The molecular formula is C16H18N2O3S. The lowest BCUT2D eigenvalue weighted by atomic mass is 10.1. The fraction of sp³-hybridized carbons (Fsp3) is 0.312. The highest BCUT2D eigenvalue weighted by molar-refractivity contribution is 7.89. The highest BCUT2D eigenvalue weighted by Crippen LogP contribution is 2.20. The first-order valence-electron chi connectivity index (χ1n) is 7.27. The summed E-state index contributed by atoms with van der Waals surface area (Å²) in [5, 5.41) is 4.61. The zero-order chi connectivity index (χ0) is 15.7. The predicted octanol–water partition coefficient (Wildman–Crippen LogP) is 1.79. The third-order valence-electron chi connectivity index (χ3n) is 3.68. The largest absolute Gasteiger partial charge is 0.352 e. The molecule has 3 rings (SSSR count). The molecule has 1 aliphatic rings. The molecule has 22 heavy (non-hydrogen) atoms. The summed E-state index contributed by atoms with van der Waals surface area (Å²) in [6, 6.07) is 11.9. The van der Waals surface area contributed by atoms with Crippen LogP contribution in [0.2, 0.25) is 0 Å². The van der Waals surface area contributed by atoms with E-state index in [-0.39, 0.29) is 16.8 Å². The first kappa shape index (κ1) is 15.0. The van der Waals surface area contributed by atoms with E-state index in [0.717, 1.165) is 23.6 Å². The maximum atomic E-state index is 12.4. The summed E-state index contributed by atoms with van der Waals surface area (Å²) in [6.07, 6.45) is 1.94. The first-order valence-corrected chi connectivity index (χ1v) is 8.75. The summed E-state index contributed by atoms with van der Waals surface area (Å²) in [7, 11) is -3.72. The van der Waals surface area contributed by atoms with Gasteiger partial charge in [-0.3, -0.25) is 4.79 Å². The number of rotatable bonds is 5. The molecule has 0 radical (unpaired) electrons. The van der Waals surface area contributed by atoms with E-state index in [0.29, 0.717) is 0 Å². The Morgan fingerprint density at radius 2 is 1.82 bits per heavy atom. The van der Waals surface area contributed by atoms with Crippen molar-refractivity contribution in [3.8, 4) is 0 Å². The van der Waals surface area contributed by atoms with Crippen molar-refractivity contribution in [2.24, 2.45) is 0 Å².